The molecule has 2 aliphatic heterocycles. The van der Waals surface area contributed by atoms with Crippen molar-refractivity contribution in [1.82, 2.24) is 15.1 Å². The number of furan rings is 1. The van der Waals surface area contributed by atoms with Gasteiger partial charge in [-0.05, 0) is 29.9 Å². The zero-order valence-electron chi connectivity index (χ0n) is 12.8. The molecule has 2 fully saturated rings. The normalized spacial score (nSPS) is 28.9. The molecule has 118 valence electrons. The van der Waals surface area contributed by atoms with Crippen LogP contribution in [0, 0.1) is 24.7 Å². The predicted molar refractivity (Wildman–Crippen MR) is 78.0 cm³/mol. The first-order valence-electron chi connectivity index (χ1n) is 7.89. The highest BCUT2D eigenvalue weighted by Crippen LogP contribution is 2.36. The van der Waals surface area contributed by atoms with Crippen LogP contribution in [0.15, 0.2) is 27.2 Å². The van der Waals surface area contributed by atoms with E-state index in [-0.39, 0.29) is 0 Å². The van der Waals surface area contributed by atoms with E-state index in [1.807, 2.05) is 19.1 Å². The minimum absolute atomic E-state index is 0.459. The van der Waals surface area contributed by atoms with Gasteiger partial charge in [-0.2, -0.15) is 0 Å². The van der Waals surface area contributed by atoms with Crippen molar-refractivity contribution in [2.45, 2.75) is 19.9 Å². The first-order valence-corrected chi connectivity index (χ1v) is 7.89. The highest BCUT2D eigenvalue weighted by Gasteiger charge is 2.41. The van der Waals surface area contributed by atoms with E-state index < -0.39 is 0 Å². The van der Waals surface area contributed by atoms with Crippen molar-refractivity contribution in [2.75, 3.05) is 26.3 Å². The fourth-order valence-electron chi connectivity index (χ4n) is 3.80. The molecule has 6 heteroatoms. The Balaban J connectivity index is 1.42. The van der Waals surface area contributed by atoms with Gasteiger partial charge < -0.3 is 13.6 Å². The average molecular weight is 303 g/mol. The summed E-state index contributed by atoms with van der Waals surface area (Å²) in [6.45, 7) is 6.52. The molecule has 2 saturated heterocycles. The van der Waals surface area contributed by atoms with Crippen LogP contribution in [0.2, 0.25) is 0 Å². The van der Waals surface area contributed by atoms with Crippen molar-refractivity contribution in [3.05, 3.63) is 35.9 Å². The molecule has 0 aliphatic carbocycles. The lowest BCUT2D eigenvalue weighted by atomic mass is 9.81. The van der Waals surface area contributed by atoms with Crippen molar-refractivity contribution in [3.8, 4) is 0 Å². The second-order valence-corrected chi connectivity index (χ2v) is 6.41. The Morgan fingerprint density at radius 3 is 3.00 bits per heavy atom. The Bertz CT molecular complexity index is 610. The SMILES string of the molecule is Cc1nnc(C[C@@H]2COC[C@H]3CN(Cc4ccco4)C[C@@H]23)o1. The van der Waals surface area contributed by atoms with Crippen molar-refractivity contribution in [1.29, 1.82) is 0 Å². The van der Waals surface area contributed by atoms with Crippen molar-refractivity contribution in [3.63, 3.8) is 0 Å². The lowest BCUT2D eigenvalue weighted by molar-refractivity contribution is -0.0107. The van der Waals surface area contributed by atoms with Gasteiger partial charge in [-0.1, -0.05) is 0 Å². The summed E-state index contributed by atoms with van der Waals surface area (Å²) in [6, 6.07) is 3.99. The van der Waals surface area contributed by atoms with Crippen LogP contribution in [0.3, 0.4) is 0 Å². The summed E-state index contributed by atoms with van der Waals surface area (Å²) in [5.41, 5.74) is 0. The third-order valence-electron chi connectivity index (χ3n) is 4.80. The molecule has 0 aromatic carbocycles. The first-order chi connectivity index (χ1) is 10.8. The highest BCUT2D eigenvalue weighted by atomic mass is 16.5. The van der Waals surface area contributed by atoms with Crippen LogP contribution in [0.25, 0.3) is 0 Å². The van der Waals surface area contributed by atoms with E-state index in [2.05, 4.69) is 15.1 Å². The number of hydrogen-bond acceptors (Lipinski definition) is 6. The third kappa shape index (κ3) is 2.80. The van der Waals surface area contributed by atoms with Crippen molar-refractivity contribution < 1.29 is 13.6 Å². The highest BCUT2D eigenvalue weighted by molar-refractivity contribution is 5.00. The van der Waals surface area contributed by atoms with Gasteiger partial charge in [0.2, 0.25) is 11.8 Å². The maximum Gasteiger partial charge on any atom is 0.216 e. The number of aryl methyl sites for hydroxylation is 1. The summed E-state index contributed by atoms with van der Waals surface area (Å²) < 4.78 is 16.8. The van der Waals surface area contributed by atoms with E-state index in [1.165, 1.54) is 0 Å². The van der Waals surface area contributed by atoms with Gasteiger partial charge in [0, 0.05) is 26.4 Å². The first kappa shape index (κ1) is 14.0. The van der Waals surface area contributed by atoms with E-state index in [0.29, 0.717) is 23.6 Å². The lowest BCUT2D eigenvalue weighted by Gasteiger charge is -2.32. The summed E-state index contributed by atoms with van der Waals surface area (Å²) in [7, 11) is 0. The maximum absolute atomic E-state index is 5.82. The molecule has 0 unspecified atom stereocenters. The fraction of sp³-hybridized carbons (Fsp3) is 0.625. The molecular formula is C16H21N3O3. The second kappa shape index (κ2) is 5.85. The molecule has 0 spiro atoms. The van der Waals surface area contributed by atoms with Gasteiger partial charge in [-0.15, -0.1) is 10.2 Å². The van der Waals surface area contributed by atoms with Gasteiger partial charge in [-0.25, -0.2) is 0 Å². The monoisotopic (exact) mass is 303 g/mol. The van der Waals surface area contributed by atoms with Crippen LogP contribution in [-0.4, -0.2) is 41.4 Å². The topological polar surface area (TPSA) is 64.5 Å². The number of aromatic nitrogens is 2. The van der Waals surface area contributed by atoms with Crippen molar-refractivity contribution in [2.24, 2.45) is 17.8 Å². The Morgan fingerprint density at radius 1 is 1.27 bits per heavy atom. The second-order valence-electron chi connectivity index (χ2n) is 6.41. The zero-order chi connectivity index (χ0) is 14.9. The third-order valence-corrected chi connectivity index (χ3v) is 4.80. The van der Waals surface area contributed by atoms with Gasteiger partial charge in [0.05, 0.1) is 26.0 Å². The van der Waals surface area contributed by atoms with E-state index in [9.17, 15) is 0 Å². The molecule has 0 N–H and O–H groups in total. The maximum atomic E-state index is 5.82. The standard InChI is InChI=1S/C16H21N3O3/c1-11-17-18-16(22-11)5-12-9-20-10-13-6-19(8-15(12)13)7-14-3-2-4-21-14/h2-4,12-13,15H,5-10H2,1H3/t12-,13-,15+/m1/s1. The molecule has 22 heavy (non-hydrogen) atoms. The van der Waals surface area contributed by atoms with Crippen LogP contribution in [-0.2, 0) is 17.7 Å². The Labute approximate surface area is 129 Å². The molecule has 3 atom stereocenters. The van der Waals surface area contributed by atoms with Crippen LogP contribution in [0.4, 0.5) is 0 Å². The van der Waals surface area contributed by atoms with Crippen LogP contribution < -0.4 is 0 Å². The summed E-state index contributed by atoms with van der Waals surface area (Å²) in [5, 5.41) is 8.06. The van der Waals surface area contributed by atoms with Crippen molar-refractivity contribution >= 4 is 0 Å². The zero-order valence-corrected chi connectivity index (χ0v) is 12.8. The molecule has 0 amide bonds. The Morgan fingerprint density at radius 2 is 2.23 bits per heavy atom. The largest absolute Gasteiger partial charge is 0.468 e. The van der Waals surface area contributed by atoms with Gasteiger partial charge in [0.1, 0.15) is 5.76 Å². The quantitative estimate of drug-likeness (QED) is 0.859. The molecule has 6 nitrogen and oxygen atoms in total. The molecule has 2 aliphatic rings. The lowest BCUT2D eigenvalue weighted by Crippen LogP contribution is -2.36. The minimum atomic E-state index is 0.459. The molecule has 0 radical (unpaired) electrons. The van der Waals surface area contributed by atoms with Crippen LogP contribution in [0.5, 0.6) is 0 Å². The summed E-state index contributed by atoms with van der Waals surface area (Å²) >= 11 is 0. The molecule has 0 bridgehead atoms. The van der Waals surface area contributed by atoms with Crippen LogP contribution in [0.1, 0.15) is 17.5 Å². The molecule has 4 rings (SSSR count). The molecule has 2 aromatic heterocycles. The average Bonchev–Trinajstić information content (AvgIpc) is 3.21. The molecule has 4 heterocycles. The number of rotatable bonds is 4. The van der Waals surface area contributed by atoms with E-state index in [1.54, 1.807) is 6.26 Å². The molecular weight excluding hydrogens is 282 g/mol. The molecule has 0 saturated carbocycles. The van der Waals surface area contributed by atoms with Gasteiger partial charge in [0.15, 0.2) is 0 Å². The number of hydrogen-bond donors (Lipinski definition) is 0. The number of fused-ring (bicyclic) bond motifs is 1. The summed E-state index contributed by atoms with van der Waals surface area (Å²) in [4.78, 5) is 2.47. The number of ether oxygens (including phenoxy) is 1. The van der Waals surface area contributed by atoms with E-state index >= 15 is 0 Å². The van der Waals surface area contributed by atoms with E-state index in [0.717, 1.165) is 50.9 Å². The number of nitrogens with zero attached hydrogens (tertiary/aromatic N) is 3. The van der Waals surface area contributed by atoms with Crippen LogP contribution >= 0.6 is 0 Å². The molecule has 2 aromatic rings. The summed E-state index contributed by atoms with van der Waals surface area (Å²) in [6.07, 6.45) is 2.55. The number of likely N-dealkylation sites (tertiary alicyclic amines) is 1. The Kier molecular flexibility index (Phi) is 3.72. The predicted octanol–water partition coefficient (Wildman–Crippen LogP) is 1.91. The minimum Gasteiger partial charge on any atom is -0.468 e. The van der Waals surface area contributed by atoms with Gasteiger partial charge in [0.25, 0.3) is 0 Å². The summed E-state index contributed by atoms with van der Waals surface area (Å²) in [5.74, 6) is 4.09. The Hall–Kier alpha value is -1.66. The van der Waals surface area contributed by atoms with Gasteiger partial charge >= 0.3 is 0 Å². The van der Waals surface area contributed by atoms with Gasteiger partial charge in [-0.3, -0.25) is 4.90 Å². The fourth-order valence-corrected chi connectivity index (χ4v) is 3.80. The smallest absolute Gasteiger partial charge is 0.216 e. The van der Waals surface area contributed by atoms with E-state index in [4.69, 9.17) is 13.6 Å².